The van der Waals surface area contributed by atoms with Gasteiger partial charge in [0, 0.05) is 32.9 Å². The molecule has 0 N–H and O–H groups in total. The van der Waals surface area contributed by atoms with Gasteiger partial charge in [0.05, 0.1) is 22.1 Å². The van der Waals surface area contributed by atoms with Gasteiger partial charge in [0.25, 0.3) is 0 Å². The van der Waals surface area contributed by atoms with Crippen LogP contribution in [0, 0.1) is 0 Å². The van der Waals surface area contributed by atoms with Gasteiger partial charge in [-0.3, -0.25) is 0 Å². The van der Waals surface area contributed by atoms with Gasteiger partial charge >= 0.3 is 0 Å². The van der Waals surface area contributed by atoms with E-state index in [0.29, 0.717) is 0 Å². The second-order valence-corrected chi connectivity index (χ2v) is 13.0. The Balaban J connectivity index is 1.16. The zero-order valence-corrected chi connectivity index (χ0v) is 27.4. The third-order valence-corrected chi connectivity index (χ3v) is 10.1. The number of nitrogens with zero attached hydrogens (tertiary/aromatic N) is 2. The summed E-state index contributed by atoms with van der Waals surface area (Å²) >= 11 is 0. The molecule has 0 saturated carbocycles. The van der Waals surface area contributed by atoms with Crippen molar-refractivity contribution in [2.24, 2.45) is 0 Å². The van der Waals surface area contributed by atoms with Crippen LogP contribution >= 0.6 is 0 Å². The topological polar surface area (TPSA) is 9.86 Å². The van der Waals surface area contributed by atoms with Crippen molar-refractivity contribution >= 4 is 43.6 Å². The normalized spacial score (nSPS) is 11.6. The van der Waals surface area contributed by atoms with Gasteiger partial charge < -0.3 is 9.13 Å². The fourth-order valence-electron chi connectivity index (χ4n) is 7.73. The van der Waals surface area contributed by atoms with Crippen LogP contribution in [0.1, 0.15) is 0 Å². The van der Waals surface area contributed by atoms with E-state index in [1.807, 2.05) is 0 Å². The quantitative estimate of drug-likeness (QED) is 0.178. The first-order valence-electron chi connectivity index (χ1n) is 17.2. The van der Waals surface area contributed by atoms with Crippen LogP contribution in [0.4, 0.5) is 0 Å². The van der Waals surface area contributed by atoms with Crippen molar-refractivity contribution in [3.63, 3.8) is 0 Å². The molecule has 10 rings (SSSR count). The predicted octanol–water partition coefficient (Wildman–Crippen LogP) is 12.9. The molecule has 0 aliphatic heterocycles. The lowest BCUT2D eigenvalue weighted by Crippen LogP contribution is -1.94. The van der Waals surface area contributed by atoms with E-state index < -0.39 is 0 Å². The molecule has 0 saturated heterocycles. The van der Waals surface area contributed by atoms with E-state index in [-0.39, 0.29) is 0 Å². The van der Waals surface area contributed by atoms with Crippen LogP contribution in [0.25, 0.3) is 88.4 Å². The molecule has 0 aliphatic rings. The number of para-hydroxylation sites is 2. The summed E-state index contributed by atoms with van der Waals surface area (Å²) in [7, 11) is 0. The molecule has 50 heavy (non-hydrogen) atoms. The number of hydrogen-bond acceptors (Lipinski definition) is 0. The summed E-state index contributed by atoms with van der Waals surface area (Å²) in [4.78, 5) is 0. The zero-order valence-electron chi connectivity index (χ0n) is 27.4. The molecule has 0 aliphatic carbocycles. The maximum atomic E-state index is 2.42. The van der Waals surface area contributed by atoms with Gasteiger partial charge in [-0.2, -0.15) is 0 Å². The lowest BCUT2D eigenvalue weighted by molar-refractivity contribution is 1.18. The van der Waals surface area contributed by atoms with Crippen LogP contribution in [0.2, 0.25) is 0 Å². The highest BCUT2D eigenvalue weighted by atomic mass is 15.0. The van der Waals surface area contributed by atoms with Crippen molar-refractivity contribution in [1.29, 1.82) is 0 Å². The minimum Gasteiger partial charge on any atom is -0.309 e. The molecule has 0 amide bonds. The van der Waals surface area contributed by atoms with Crippen LogP contribution in [0.3, 0.4) is 0 Å². The molecule has 2 heterocycles. The van der Waals surface area contributed by atoms with E-state index in [0.717, 1.165) is 5.69 Å². The van der Waals surface area contributed by atoms with Crippen LogP contribution in [0.15, 0.2) is 194 Å². The molecular weight excluding hydrogens is 605 g/mol. The Morgan fingerprint density at radius 1 is 0.220 bits per heavy atom. The van der Waals surface area contributed by atoms with Crippen molar-refractivity contribution in [2.75, 3.05) is 0 Å². The van der Waals surface area contributed by atoms with E-state index in [1.54, 1.807) is 0 Å². The number of fused-ring (bicyclic) bond motifs is 6. The maximum absolute atomic E-state index is 2.42. The van der Waals surface area contributed by atoms with E-state index in [9.17, 15) is 0 Å². The van der Waals surface area contributed by atoms with Gasteiger partial charge in [-0.1, -0.05) is 133 Å². The molecule has 8 aromatic carbocycles. The summed E-state index contributed by atoms with van der Waals surface area (Å²) in [6, 6.07) is 70.4. The molecule has 234 valence electrons. The predicted molar refractivity (Wildman–Crippen MR) is 211 cm³/mol. The molecular formula is C48H32N2. The number of benzene rings is 8. The zero-order chi connectivity index (χ0) is 33.0. The van der Waals surface area contributed by atoms with E-state index in [2.05, 4.69) is 203 Å². The lowest BCUT2D eigenvalue weighted by atomic mass is 9.99. The lowest BCUT2D eigenvalue weighted by Gasteiger charge is -2.11. The highest BCUT2D eigenvalue weighted by Gasteiger charge is 2.17. The maximum Gasteiger partial charge on any atom is 0.0547 e. The fourth-order valence-corrected chi connectivity index (χ4v) is 7.73. The summed E-state index contributed by atoms with van der Waals surface area (Å²) in [6.07, 6.45) is 0. The van der Waals surface area contributed by atoms with Crippen LogP contribution in [-0.4, -0.2) is 9.13 Å². The monoisotopic (exact) mass is 636 g/mol. The van der Waals surface area contributed by atoms with Crippen molar-refractivity contribution in [3.8, 4) is 44.8 Å². The average molecular weight is 637 g/mol. The summed E-state index contributed by atoms with van der Waals surface area (Å²) in [5.74, 6) is 0. The Kier molecular flexibility index (Phi) is 6.53. The van der Waals surface area contributed by atoms with E-state index in [4.69, 9.17) is 0 Å². The second kappa shape index (κ2) is 11.5. The molecule has 2 aromatic heterocycles. The largest absolute Gasteiger partial charge is 0.309 e. The summed E-state index contributed by atoms with van der Waals surface area (Å²) in [6.45, 7) is 0. The highest BCUT2D eigenvalue weighted by Crippen LogP contribution is 2.39. The van der Waals surface area contributed by atoms with Crippen LogP contribution in [-0.2, 0) is 0 Å². The van der Waals surface area contributed by atoms with Crippen molar-refractivity contribution in [1.82, 2.24) is 9.13 Å². The molecule has 0 atom stereocenters. The van der Waals surface area contributed by atoms with Gasteiger partial charge in [0.1, 0.15) is 0 Å². The second-order valence-electron chi connectivity index (χ2n) is 13.0. The van der Waals surface area contributed by atoms with Gasteiger partial charge in [0.2, 0.25) is 0 Å². The Morgan fingerprint density at radius 2 is 0.620 bits per heavy atom. The summed E-state index contributed by atoms with van der Waals surface area (Å²) < 4.78 is 4.80. The Morgan fingerprint density at radius 3 is 1.26 bits per heavy atom. The molecule has 0 fully saturated rings. The summed E-state index contributed by atoms with van der Waals surface area (Å²) in [5.41, 5.74) is 14.4. The van der Waals surface area contributed by atoms with E-state index in [1.165, 1.54) is 82.7 Å². The van der Waals surface area contributed by atoms with Gasteiger partial charge in [-0.15, -0.1) is 0 Å². The van der Waals surface area contributed by atoms with Crippen LogP contribution < -0.4 is 0 Å². The van der Waals surface area contributed by atoms with Crippen molar-refractivity contribution in [3.05, 3.63) is 194 Å². The van der Waals surface area contributed by atoms with Gasteiger partial charge in [0.15, 0.2) is 0 Å². The number of rotatable bonds is 5. The van der Waals surface area contributed by atoms with Crippen LogP contribution in [0.5, 0.6) is 0 Å². The van der Waals surface area contributed by atoms with Gasteiger partial charge in [-0.25, -0.2) is 0 Å². The molecule has 0 bridgehead atoms. The van der Waals surface area contributed by atoms with Gasteiger partial charge in [-0.05, 0) is 94.0 Å². The third kappa shape index (κ3) is 4.57. The first-order valence-corrected chi connectivity index (χ1v) is 17.2. The first-order chi connectivity index (χ1) is 24.8. The standard InChI is InChI=1S/C48H32N2/c1-4-12-33(13-5-1)35-20-25-40(26-21-35)50-47-29-24-37(31-44(47)42-27-22-38(32-48(42)50)34-14-6-2-7-15-34)36-23-28-46-43(30-36)41-18-10-11-19-45(41)49(46)39-16-8-3-9-17-39/h1-32H. The molecule has 10 aromatic rings. The smallest absolute Gasteiger partial charge is 0.0547 e. The molecule has 2 heteroatoms. The third-order valence-electron chi connectivity index (χ3n) is 10.1. The Hall–Kier alpha value is -6.64. The molecule has 2 nitrogen and oxygen atoms in total. The molecule has 0 spiro atoms. The first kappa shape index (κ1) is 28.4. The number of hydrogen-bond donors (Lipinski definition) is 0. The summed E-state index contributed by atoms with van der Waals surface area (Å²) in [5, 5.41) is 5.01. The minimum atomic E-state index is 1.15. The Bertz CT molecular complexity index is 2820. The molecule has 0 unspecified atom stereocenters. The van der Waals surface area contributed by atoms with Crippen molar-refractivity contribution < 1.29 is 0 Å². The fraction of sp³-hybridized carbons (Fsp3) is 0. The SMILES string of the molecule is c1ccc(-c2ccc(-n3c4ccc(-c5ccc6c(c5)c5ccccc5n6-c5ccccc5)cc4c4ccc(-c5ccccc5)cc43)cc2)cc1. The number of aromatic nitrogens is 2. The minimum absolute atomic E-state index is 1.15. The van der Waals surface area contributed by atoms with E-state index >= 15 is 0 Å². The molecule has 0 radical (unpaired) electrons. The van der Waals surface area contributed by atoms with Crippen molar-refractivity contribution in [2.45, 2.75) is 0 Å². The average Bonchev–Trinajstić information content (AvgIpc) is 3.70. The highest BCUT2D eigenvalue weighted by molar-refractivity contribution is 6.13. The Labute approximate surface area is 290 Å².